The van der Waals surface area contributed by atoms with E-state index in [1.54, 1.807) is 11.8 Å². The van der Waals surface area contributed by atoms with Crippen LogP contribution in [-0.2, 0) is 11.0 Å². The fourth-order valence-electron chi connectivity index (χ4n) is 5.20. The van der Waals surface area contributed by atoms with Crippen LogP contribution in [0.3, 0.4) is 0 Å². The van der Waals surface area contributed by atoms with Crippen LogP contribution in [-0.4, -0.2) is 58.9 Å². The predicted molar refractivity (Wildman–Crippen MR) is 152 cm³/mol. The van der Waals surface area contributed by atoms with Crippen LogP contribution < -0.4 is 15.1 Å². The van der Waals surface area contributed by atoms with Crippen LogP contribution in [0.4, 0.5) is 30.9 Å². The zero-order valence-electron chi connectivity index (χ0n) is 23.6. The van der Waals surface area contributed by atoms with Crippen LogP contribution in [0.2, 0.25) is 0 Å². The number of piperidine rings is 1. The van der Waals surface area contributed by atoms with Gasteiger partial charge in [0.15, 0.2) is 0 Å². The molecule has 11 heteroatoms. The van der Waals surface area contributed by atoms with Gasteiger partial charge in [0.25, 0.3) is 0 Å². The number of nitrogens with one attached hydrogen (secondary N) is 1. The number of alkyl halides is 3. The monoisotopic (exact) mass is 557 g/mol. The Labute approximate surface area is 233 Å². The molecule has 1 aliphatic carbocycles. The predicted octanol–water partition coefficient (Wildman–Crippen LogP) is 5.99. The molecule has 2 aromatic heterocycles. The second-order valence-electron chi connectivity index (χ2n) is 11.0. The molecule has 2 aliphatic rings. The molecule has 216 valence electrons. The molecule has 2 fully saturated rings. The number of ketones is 1. The molecule has 1 saturated heterocycles. The van der Waals surface area contributed by atoms with Crippen molar-refractivity contribution < 1.29 is 18.0 Å². The van der Waals surface area contributed by atoms with Crippen LogP contribution >= 0.6 is 0 Å². The lowest BCUT2D eigenvalue weighted by Crippen LogP contribution is -2.37. The van der Waals surface area contributed by atoms with Crippen molar-refractivity contribution in [3.63, 3.8) is 0 Å². The van der Waals surface area contributed by atoms with Gasteiger partial charge in [0.2, 0.25) is 11.9 Å². The lowest BCUT2D eigenvalue weighted by atomic mass is 9.87. The van der Waals surface area contributed by atoms with E-state index in [0.29, 0.717) is 32.0 Å². The van der Waals surface area contributed by atoms with Gasteiger partial charge in [-0.15, -0.1) is 0 Å². The molecule has 1 aliphatic heterocycles. The maximum absolute atomic E-state index is 12.5. The second-order valence-corrected chi connectivity index (χ2v) is 11.0. The summed E-state index contributed by atoms with van der Waals surface area (Å²) in [5.41, 5.74) is 0.0640. The number of nitrogens with zero attached hydrogens (tertiary/aromatic N) is 6. The van der Waals surface area contributed by atoms with E-state index in [4.69, 9.17) is 4.98 Å². The highest BCUT2D eigenvalue weighted by Gasteiger charge is 2.33. The quantitative estimate of drug-likeness (QED) is 0.410. The van der Waals surface area contributed by atoms with Crippen molar-refractivity contribution in [3.05, 3.63) is 42.2 Å². The summed E-state index contributed by atoms with van der Waals surface area (Å²) in [5.74, 6) is 2.81. The number of Topliss-reactive ketones (excluding diaryl/α,β-unsaturated/α-hetero) is 1. The number of para-hydroxylation sites is 1. The number of hydrogen-bond donors (Lipinski definition) is 1. The molecule has 40 heavy (non-hydrogen) atoms. The van der Waals surface area contributed by atoms with Gasteiger partial charge in [-0.25, -0.2) is 15.0 Å². The maximum atomic E-state index is 12.5. The van der Waals surface area contributed by atoms with Gasteiger partial charge < -0.3 is 15.1 Å². The topological polar surface area (TPSA) is 87.1 Å². The summed E-state index contributed by atoms with van der Waals surface area (Å²) in [7, 11) is 4.06. The lowest BCUT2D eigenvalue weighted by Gasteiger charge is -2.30. The summed E-state index contributed by atoms with van der Waals surface area (Å²) in [5, 5.41) is 4.64. The first kappa shape index (κ1) is 29.5. The van der Waals surface area contributed by atoms with Gasteiger partial charge in [0.1, 0.15) is 17.3 Å². The summed E-state index contributed by atoms with van der Waals surface area (Å²) in [4.78, 5) is 31.8. The van der Waals surface area contributed by atoms with Crippen molar-refractivity contribution in [2.45, 2.75) is 64.6 Å². The van der Waals surface area contributed by atoms with Gasteiger partial charge in [0.05, 0.1) is 5.52 Å². The number of fused-ring (bicyclic) bond motifs is 1. The van der Waals surface area contributed by atoms with Crippen molar-refractivity contribution in [2.75, 3.05) is 42.3 Å². The Kier molecular flexibility index (Phi) is 9.42. The Hall–Kier alpha value is -3.50. The van der Waals surface area contributed by atoms with Gasteiger partial charge >= 0.3 is 6.18 Å². The van der Waals surface area contributed by atoms with E-state index < -0.39 is 11.9 Å². The molecule has 1 N–H and O–H groups in total. The fraction of sp³-hybridized carbons (Fsp3) is 0.552. The molecule has 3 aromatic rings. The first-order chi connectivity index (χ1) is 19.0. The smallest absolute Gasteiger partial charge is 0.362 e. The molecular formula is C29H38F3N7O. The molecule has 5 rings (SSSR count). The van der Waals surface area contributed by atoms with Crippen LogP contribution in [0, 0.1) is 11.8 Å². The van der Waals surface area contributed by atoms with E-state index in [9.17, 15) is 18.0 Å². The summed E-state index contributed by atoms with van der Waals surface area (Å²) in [6.45, 7) is 4.89. The van der Waals surface area contributed by atoms with E-state index in [0.717, 1.165) is 40.9 Å². The highest BCUT2D eigenvalue weighted by molar-refractivity contribution is 5.90. The molecule has 0 radical (unpaired) electrons. The number of aromatic nitrogens is 4. The first-order valence-corrected chi connectivity index (χ1v) is 13.9. The zero-order valence-corrected chi connectivity index (χ0v) is 23.6. The minimum atomic E-state index is -4.46. The van der Waals surface area contributed by atoms with Crippen molar-refractivity contribution in [2.24, 2.45) is 11.8 Å². The van der Waals surface area contributed by atoms with E-state index in [1.165, 1.54) is 25.7 Å². The van der Waals surface area contributed by atoms with Crippen molar-refractivity contribution in [3.8, 4) is 0 Å². The third-order valence-electron chi connectivity index (χ3n) is 7.64. The Bertz CT molecular complexity index is 1280. The molecule has 0 bridgehead atoms. The number of carbonyl (C=O) groups is 1. The average Bonchev–Trinajstić information content (AvgIpc) is 2.94. The summed E-state index contributed by atoms with van der Waals surface area (Å²) >= 11 is 0. The van der Waals surface area contributed by atoms with E-state index in [-0.39, 0.29) is 17.6 Å². The number of anilines is 3. The fourth-order valence-corrected chi connectivity index (χ4v) is 5.20. The van der Waals surface area contributed by atoms with E-state index in [2.05, 4.69) is 44.2 Å². The first-order valence-electron chi connectivity index (χ1n) is 13.9. The summed E-state index contributed by atoms with van der Waals surface area (Å²) in [6.07, 6.45) is 2.95. The largest absolute Gasteiger partial charge is 0.433 e. The lowest BCUT2D eigenvalue weighted by molar-refractivity contribution is -0.141. The van der Waals surface area contributed by atoms with Crippen molar-refractivity contribution in [1.29, 1.82) is 0 Å². The number of halogens is 3. The third kappa shape index (κ3) is 7.57. The molecule has 8 nitrogen and oxygen atoms in total. The molecule has 1 aromatic carbocycles. The summed E-state index contributed by atoms with van der Waals surface area (Å²) < 4.78 is 37.6. The number of carbonyl (C=O) groups excluding carboxylic acids is 1. The minimum absolute atomic E-state index is 0.00190. The molecule has 1 saturated carbocycles. The molecule has 0 amide bonds. The molecule has 0 atom stereocenters. The van der Waals surface area contributed by atoms with Gasteiger partial charge in [0, 0.05) is 50.7 Å². The Morgan fingerprint density at radius 1 is 0.975 bits per heavy atom. The number of hydrogen-bond acceptors (Lipinski definition) is 8. The third-order valence-corrected chi connectivity index (χ3v) is 7.64. The van der Waals surface area contributed by atoms with Gasteiger partial charge in [-0.1, -0.05) is 19.1 Å². The van der Waals surface area contributed by atoms with Crippen LogP contribution in [0.1, 0.15) is 58.1 Å². The highest BCUT2D eigenvalue weighted by atomic mass is 19.4. The normalized spacial score (nSPS) is 20.0. The zero-order chi connectivity index (χ0) is 28.9. The van der Waals surface area contributed by atoms with Crippen molar-refractivity contribution >= 4 is 34.4 Å². The molecule has 0 unspecified atom stereocenters. The van der Waals surface area contributed by atoms with Gasteiger partial charge in [-0.05, 0) is 69.6 Å². The second kappa shape index (κ2) is 12.8. The maximum Gasteiger partial charge on any atom is 0.433 e. The summed E-state index contributed by atoms with van der Waals surface area (Å²) in [6, 6.07) is 9.56. The average molecular weight is 558 g/mol. The van der Waals surface area contributed by atoms with Gasteiger partial charge in [-0.3, -0.25) is 4.79 Å². The van der Waals surface area contributed by atoms with E-state index in [1.807, 2.05) is 26.2 Å². The Balaban J connectivity index is 0.000000186. The minimum Gasteiger partial charge on any atom is -0.362 e. The molecule has 0 spiro atoms. The SMILES string of the molecule is CC(=O)C1CCN(c2nccc(C(F)(F)F)n2)CC1.CC1CCC(Nc2nc(N(C)C)c3ccccc3n2)CC1. The molecule has 3 heterocycles. The molecular weight excluding hydrogens is 519 g/mol. The number of benzene rings is 1. The van der Waals surface area contributed by atoms with Crippen LogP contribution in [0.25, 0.3) is 10.9 Å². The number of rotatable bonds is 5. The highest BCUT2D eigenvalue weighted by Crippen LogP contribution is 2.30. The van der Waals surface area contributed by atoms with Gasteiger partial charge in [-0.2, -0.15) is 18.2 Å². The standard InChI is InChI=1S/C17H24N4.C12H14F3N3O/c1-12-8-10-13(11-9-12)18-17-19-15-7-5-4-6-14(15)16(20-17)21(2)3;1-8(19)9-3-6-18(7-4-9)11-16-5-2-10(17-11)12(13,14)15/h4-7,12-13H,8-11H2,1-3H3,(H,18,19,20);2,5,9H,3-4,6-7H2,1H3. The van der Waals surface area contributed by atoms with E-state index >= 15 is 0 Å². The van der Waals surface area contributed by atoms with Crippen LogP contribution in [0.5, 0.6) is 0 Å². The van der Waals surface area contributed by atoms with Crippen LogP contribution in [0.15, 0.2) is 36.5 Å². The Morgan fingerprint density at radius 2 is 1.65 bits per heavy atom. The van der Waals surface area contributed by atoms with Crippen molar-refractivity contribution in [1.82, 2.24) is 19.9 Å². The Morgan fingerprint density at radius 3 is 2.27 bits per heavy atom.